The van der Waals surface area contributed by atoms with Gasteiger partial charge in [-0.1, -0.05) is 19.1 Å². The molecule has 4 rings (SSSR count). The van der Waals surface area contributed by atoms with Gasteiger partial charge in [0.2, 0.25) is 10.0 Å². The van der Waals surface area contributed by atoms with E-state index in [1.54, 1.807) is 30.3 Å². The molecule has 0 unspecified atom stereocenters. The number of halogens is 2. The molecule has 0 amide bonds. The van der Waals surface area contributed by atoms with Crippen molar-refractivity contribution in [1.29, 1.82) is 5.26 Å². The molecule has 0 saturated heterocycles. The van der Waals surface area contributed by atoms with Crippen molar-refractivity contribution in [2.24, 2.45) is 0 Å². The quantitative estimate of drug-likeness (QED) is 0.432. The molecule has 174 valence electrons. The molecule has 6 nitrogen and oxygen atoms in total. The number of anilines is 1. The van der Waals surface area contributed by atoms with Crippen molar-refractivity contribution in [2.45, 2.75) is 57.4 Å². The standard InChI is InChI=1S/C24H25F2N3O3S/c1-4-24(11-12-24)33(30,31)28-17-7-5-16(6-8-17)22-20(14-27)19-10-9-18(32-23(25)26)13-21(19)29(22)15(2)3/h5-10,13,15,23,28H,4,11-12H2,1-3H3. The second-order valence-electron chi connectivity index (χ2n) is 8.58. The van der Waals surface area contributed by atoms with Gasteiger partial charge in [-0.15, -0.1) is 0 Å². The summed E-state index contributed by atoms with van der Waals surface area (Å²) in [6, 6.07) is 13.6. The predicted molar refractivity (Wildman–Crippen MR) is 124 cm³/mol. The first kappa shape index (κ1) is 23.1. The zero-order valence-electron chi connectivity index (χ0n) is 18.6. The van der Waals surface area contributed by atoms with Gasteiger partial charge in [-0.05, 0) is 62.9 Å². The lowest BCUT2D eigenvalue weighted by Gasteiger charge is -2.17. The second-order valence-corrected chi connectivity index (χ2v) is 10.7. The Morgan fingerprint density at radius 1 is 1.18 bits per heavy atom. The number of ether oxygens (including phenoxy) is 1. The average Bonchev–Trinajstić information content (AvgIpc) is 3.50. The van der Waals surface area contributed by atoms with Crippen LogP contribution in [0.5, 0.6) is 5.75 Å². The van der Waals surface area contributed by atoms with Crippen molar-refractivity contribution < 1.29 is 21.9 Å². The van der Waals surface area contributed by atoms with Crippen LogP contribution in [0.2, 0.25) is 0 Å². The zero-order valence-corrected chi connectivity index (χ0v) is 19.4. The Labute approximate surface area is 191 Å². The third kappa shape index (κ3) is 4.04. The number of rotatable bonds is 8. The second kappa shape index (κ2) is 8.34. The summed E-state index contributed by atoms with van der Waals surface area (Å²) in [5.41, 5.74) is 2.83. The van der Waals surface area contributed by atoms with Crippen molar-refractivity contribution >= 4 is 26.6 Å². The first-order valence-electron chi connectivity index (χ1n) is 10.8. The molecule has 1 heterocycles. The van der Waals surface area contributed by atoms with Gasteiger partial charge < -0.3 is 9.30 Å². The SMILES string of the molecule is CCC1(S(=O)(=O)Nc2ccc(-c3c(C#N)c4ccc(OC(F)F)cc4n3C(C)C)cc2)CC1. The van der Waals surface area contributed by atoms with Gasteiger partial charge in [-0.25, -0.2) is 8.42 Å². The van der Waals surface area contributed by atoms with E-state index in [0.717, 1.165) is 0 Å². The maximum Gasteiger partial charge on any atom is 0.387 e. The van der Waals surface area contributed by atoms with Crippen LogP contribution in [-0.4, -0.2) is 24.3 Å². The monoisotopic (exact) mass is 473 g/mol. The van der Waals surface area contributed by atoms with Crippen molar-refractivity contribution in [1.82, 2.24) is 4.57 Å². The third-order valence-corrected chi connectivity index (χ3v) is 8.60. The lowest BCUT2D eigenvalue weighted by molar-refractivity contribution is -0.0497. The minimum Gasteiger partial charge on any atom is -0.435 e. The Morgan fingerprint density at radius 2 is 1.85 bits per heavy atom. The fourth-order valence-corrected chi connectivity index (χ4v) is 5.99. The molecule has 3 aromatic rings. The highest BCUT2D eigenvalue weighted by atomic mass is 32.2. The molecule has 1 saturated carbocycles. The fraction of sp³-hybridized carbons (Fsp3) is 0.375. The Hall–Kier alpha value is -3.12. The molecule has 0 atom stereocenters. The van der Waals surface area contributed by atoms with Gasteiger partial charge in [0.05, 0.1) is 21.5 Å². The fourth-order valence-electron chi connectivity index (χ4n) is 4.31. The molecule has 1 N–H and O–H groups in total. The predicted octanol–water partition coefficient (Wildman–Crippen LogP) is 6.05. The topological polar surface area (TPSA) is 84.1 Å². The maximum atomic E-state index is 12.7. The van der Waals surface area contributed by atoms with Gasteiger partial charge in [0.25, 0.3) is 0 Å². The van der Waals surface area contributed by atoms with E-state index < -0.39 is 21.4 Å². The van der Waals surface area contributed by atoms with Gasteiger partial charge in [0.15, 0.2) is 0 Å². The zero-order chi connectivity index (χ0) is 24.0. The Balaban J connectivity index is 1.77. The van der Waals surface area contributed by atoms with Crippen molar-refractivity contribution in [3.8, 4) is 23.1 Å². The van der Waals surface area contributed by atoms with Gasteiger partial charge >= 0.3 is 6.61 Å². The molecule has 0 radical (unpaired) electrons. The van der Waals surface area contributed by atoms with Crippen LogP contribution in [0.25, 0.3) is 22.2 Å². The van der Waals surface area contributed by atoms with Crippen LogP contribution in [0.1, 0.15) is 51.6 Å². The normalized spacial score (nSPS) is 15.1. The van der Waals surface area contributed by atoms with Crippen molar-refractivity contribution in [3.05, 3.63) is 48.0 Å². The molecule has 0 aliphatic heterocycles. The Bertz CT molecular complexity index is 1340. The van der Waals surface area contributed by atoms with Gasteiger partial charge in [-0.2, -0.15) is 14.0 Å². The van der Waals surface area contributed by atoms with E-state index in [9.17, 15) is 22.5 Å². The number of nitriles is 1. The molecule has 1 fully saturated rings. The van der Waals surface area contributed by atoms with E-state index in [1.165, 1.54) is 12.1 Å². The summed E-state index contributed by atoms with van der Waals surface area (Å²) in [6.45, 7) is 2.81. The first-order valence-corrected chi connectivity index (χ1v) is 12.3. The maximum absolute atomic E-state index is 12.7. The lowest BCUT2D eigenvalue weighted by atomic mass is 10.1. The average molecular weight is 474 g/mol. The Kier molecular flexibility index (Phi) is 5.83. The largest absolute Gasteiger partial charge is 0.435 e. The molecule has 1 aromatic heterocycles. The highest BCUT2D eigenvalue weighted by Crippen LogP contribution is 2.47. The van der Waals surface area contributed by atoms with Crippen LogP contribution < -0.4 is 9.46 Å². The van der Waals surface area contributed by atoms with Crippen molar-refractivity contribution in [3.63, 3.8) is 0 Å². The van der Waals surface area contributed by atoms with Crippen LogP contribution in [-0.2, 0) is 10.0 Å². The summed E-state index contributed by atoms with van der Waals surface area (Å²) in [5, 5.41) is 10.5. The molecule has 1 aliphatic rings. The molecule has 9 heteroatoms. The van der Waals surface area contributed by atoms with E-state index >= 15 is 0 Å². The number of sulfonamides is 1. The lowest BCUT2D eigenvalue weighted by Crippen LogP contribution is -2.28. The number of aromatic nitrogens is 1. The molecular weight excluding hydrogens is 448 g/mol. The van der Waals surface area contributed by atoms with Gasteiger partial charge in [-0.3, -0.25) is 4.72 Å². The summed E-state index contributed by atoms with van der Waals surface area (Å²) in [6.07, 6.45) is 1.89. The Morgan fingerprint density at radius 3 is 2.36 bits per heavy atom. The molecule has 0 spiro atoms. The smallest absolute Gasteiger partial charge is 0.387 e. The van der Waals surface area contributed by atoms with Crippen LogP contribution >= 0.6 is 0 Å². The summed E-state index contributed by atoms with van der Waals surface area (Å²) in [7, 11) is -3.48. The number of benzene rings is 2. The van der Waals surface area contributed by atoms with E-state index in [1.807, 2.05) is 25.3 Å². The molecular formula is C24H25F2N3O3S. The van der Waals surface area contributed by atoms with E-state index in [2.05, 4.69) is 15.5 Å². The van der Waals surface area contributed by atoms with Crippen LogP contribution in [0.15, 0.2) is 42.5 Å². The summed E-state index contributed by atoms with van der Waals surface area (Å²) in [4.78, 5) is 0. The summed E-state index contributed by atoms with van der Waals surface area (Å²) >= 11 is 0. The minimum absolute atomic E-state index is 0.0163. The van der Waals surface area contributed by atoms with Crippen LogP contribution in [0, 0.1) is 11.3 Å². The third-order valence-electron chi connectivity index (χ3n) is 6.26. The first-order chi connectivity index (χ1) is 15.6. The number of nitrogens with zero attached hydrogens (tertiary/aromatic N) is 2. The highest BCUT2D eigenvalue weighted by molar-refractivity contribution is 7.94. The summed E-state index contributed by atoms with van der Waals surface area (Å²) in [5.74, 6) is 0.0163. The summed E-state index contributed by atoms with van der Waals surface area (Å²) < 4.78 is 59.3. The minimum atomic E-state index is -3.48. The molecule has 1 aliphatic carbocycles. The van der Waals surface area contributed by atoms with Crippen LogP contribution in [0.4, 0.5) is 14.5 Å². The molecule has 2 aromatic carbocycles. The van der Waals surface area contributed by atoms with E-state index in [0.29, 0.717) is 52.7 Å². The number of fused-ring (bicyclic) bond motifs is 1. The van der Waals surface area contributed by atoms with Gasteiger partial charge in [0.1, 0.15) is 11.8 Å². The number of nitrogens with one attached hydrogen (secondary N) is 1. The number of hydrogen-bond donors (Lipinski definition) is 1. The molecule has 0 bridgehead atoms. The highest BCUT2D eigenvalue weighted by Gasteiger charge is 2.53. The van der Waals surface area contributed by atoms with Gasteiger partial charge in [0, 0.05) is 23.2 Å². The van der Waals surface area contributed by atoms with Crippen molar-refractivity contribution in [2.75, 3.05) is 4.72 Å². The van der Waals surface area contributed by atoms with E-state index in [-0.39, 0.29) is 11.8 Å². The van der Waals surface area contributed by atoms with E-state index in [4.69, 9.17) is 0 Å². The van der Waals surface area contributed by atoms with Crippen LogP contribution in [0.3, 0.4) is 0 Å². The molecule has 33 heavy (non-hydrogen) atoms. The number of alkyl halides is 2. The number of hydrogen-bond acceptors (Lipinski definition) is 4.